The second kappa shape index (κ2) is 4.78. The van der Waals surface area contributed by atoms with Gasteiger partial charge in [-0.15, -0.1) is 0 Å². The third-order valence-electron chi connectivity index (χ3n) is 3.60. The van der Waals surface area contributed by atoms with Gasteiger partial charge in [-0.25, -0.2) is 9.97 Å². The first-order valence-electron chi connectivity index (χ1n) is 6.20. The van der Waals surface area contributed by atoms with Gasteiger partial charge in [0.1, 0.15) is 0 Å². The van der Waals surface area contributed by atoms with Gasteiger partial charge in [-0.2, -0.15) is 0 Å². The van der Waals surface area contributed by atoms with Gasteiger partial charge in [0.05, 0.1) is 36.2 Å². The third-order valence-corrected chi connectivity index (χ3v) is 3.79. The molecule has 4 nitrogen and oxygen atoms in total. The highest BCUT2D eigenvalue weighted by Gasteiger charge is 2.35. The van der Waals surface area contributed by atoms with E-state index in [4.69, 9.17) is 16.3 Å². The number of rotatable bonds is 1. The molecule has 0 unspecified atom stereocenters. The van der Waals surface area contributed by atoms with Crippen LogP contribution in [0.3, 0.4) is 0 Å². The van der Waals surface area contributed by atoms with Gasteiger partial charge in [0.15, 0.2) is 0 Å². The van der Waals surface area contributed by atoms with Crippen molar-refractivity contribution in [1.29, 1.82) is 0 Å². The van der Waals surface area contributed by atoms with Crippen molar-refractivity contribution in [3.8, 4) is 0 Å². The topological polar surface area (TPSA) is 38.2 Å². The Morgan fingerprint density at radius 2 is 2.00 bits per heavy atom. The minimum Gasteiger partial charge on any atom is -0.374 e. The molecule has 1 aromatic heterocycles. The minimum atomic E-state index is 0.358. The smallest absolute Gasteiger partial charge is 0.225 e. The largest absolute Gasteiger partial charge is 0.374 e. The number of morpholine rings is 1. The lowest BCUT2D eigenvalue weighted by Gasteiger charge is -2.43. The first-order chi connectivity index (χ1) is 8.34. The van der Waals surface area contributed by atoms with E-state index in [9.17, 15) is 0 Å². The molecule has 1 saturated carbocycles. The van der Waals surface area contributed by atoms with Crippen LogP contribution in [0.4, 0.5) is 5.95 Å². The van der Waals surface area contributed by atoms with E-state index >= 15 is 0 Å². The zero-order valence-electron chi connectivity index (χ0n) is 9.68. The van der Waals surface area contributed by atoms with E-state index in [2.05, 4.69) is 14.9 Å². The quantitative estimate of drug-likeness (QED) is 0.770. The van der Waals surface area contributed by atoms with Crippen LogP contribution < -0.4 is 4.90 Å². The fourth-order valence-electron chi connectivity index (χ4n) is 2.80. The summed E-state index contributed by atoms with van der Waals surface area (Å²) in [5.74, 6) is 0.787. The molecular weight excluding hydrogens is 238 g/mol. The van der Waals surface area contributed by atoms with Crippen LogP contribution in [0.25, 0.3) is 0 Å². The number of nitrogens with zero attached hydrogens (tertiary/aromatic N) is 3. The van der Waals surface area contributed by atoms with Crippen molar-refractivity contribution in [2.24, 2.45) is 0 Å². The van der Waals surface area contributed by atoms with Crippen LogP contribution in [0.5, 0.6) is 0 Å². The Bertz CT molecular complexity index is 382. The average Bonchev–Trinajstić information content (AvgIpc) is 2.39. The van der Waals surface area contributed by atoms with Crippen LogP contribution in [0.15, 0.2) is 12.4 Å². The summed E-state index contributed by atoms with van der Waals surface area (Å²) in [4.78, 5) is 10.9. The van der Waals surface area contributed by atoms with Gasteiger partial charge in [0, 0.05) is 6.54 Å². The second-order valence-corrected chi connectivity index (χ2v) is 5.09. The van der Waals surface area contributed by atoms with Crippen molar-refractivity contribution >= 4 is 17.5 Å². The van der Waals surface area contributed by atoms with Crippen LogP contribution in [0, 0.1) is 0 Å². The monoisotopic (exact) mass is 253 g/mol. The lowest BCUT2D eigenvalue weighted by molar-refractivity contribution is -0.00932. The molecule has 1 aliphatic heterocycles. The Morgan fingerprint density at radius 1 is 1.24 bits per heavy atom. The molecule has 92 valence electrons. The molecular formula is C12H16ClN3O. The molecule has 1 aromatic rings. The SMILES string of the molecule is Clc1cnc(N2CCO[C@@H]3CCCC[C@@H]32)nc1. The van der Waals surface area contributed by atoms with Crippen molar-refractivity contribution in [2.45, 2.75) is 37.8 Å². The third kappa shape index (κ3) is 2.24. The molecule has 0 aromatic carbocycles. The summed E-state index contributed by atoms with van der Waals surface area (Å²) in [6, 6.07) is 0.443. The summed E-state index contributed by atoms with van der Waals surface area (Å²) >= 11 is 5.82. The van der Waals surface area contributed by atoms with Crippen LogP contribution in [0.2, 0.25) is 5.02 Å². The summed E-state index contributed by atoms with van der Waals surface area (Å²) in [5.41, 5.74) is 0. The van der Waals surface area contributed by atoms with Gasteiger partial charge in [-0.1, -0.05) is 24.4 Å². The number of halogens is 1. The molecule has 0 spiro atoms. The van der Waals surface area contributed by atoms with Crippen molar-refractivity contribution < 1.29 is 4.74 Å². The molecule has 3 rings (SSSR count). The average molecular weight is 254 g/mol. The Morgan fingerprint density at radius 3 is 2.82 bits per heavy atom. The molecule has 0 bridgehead atoms. The highest BCUT2D eigenvalue weighted by atomic mass is 35.5. The van der Waals surface area contributed by atoms with E-state index in [-0.39, 0.29) is 0 Å². The predicted octanol–water partition coefficient (Wildman–Crippen LogP) is 2.28. The fourth-order valence-corrected chi connectivity index (χ4v) is 2.90. The van der Waals surface area contributed by atoms with Crippen molar-refractivity contribution in [3.05, 3.63) is 17.4 Å². The zero-order valence-corrected chi connectivity index (χ0v) is 10.4. The van der Waals surface area contributed by atoms with E-state index in [0.29, 0.717) is 17.2 Å². The van der Waals surface area contributed by atoms with Crippen LogP contribution >= 0.6 is 11.6 Å². The number of fused-ring (bicyclic) bond motifs is 1. The van der Waals surface area contributed by atoms with E-state index in [1.807, 2.05) is 0 Å². The maximum absolute atomic E-state index is 5.83. The van der Waals surface area contributed by atoms with Crippen LogP contribution in [-0.2, 0) is 4.74 Å². The Balaban J connectivity index is 1.83. The van der Waals surface area contributed by atoms with E-state index < -0.39 is 0 Å². The molecule has 1 saturated heterocycles. The Labute approximate surface area is 106 Å². The molecule has 1 aliphatic carbocycles. The summed E-state index contributed by atoms with van der Waals surface area (Å²) in [5, 5.41) is 0.585. The Kier molecular flexibility index (Phi) is 3.16. The van der Waals surface area contributed by atoms with Gasteiger partial charge in [-0.3, -0.25) is 0 Å². The summed E-state index contributed by atoms with van der Waals surface area (Å²) < 4.78 is 5.83. The van der Waals surface area contributed by atoms with Crippen molar-refractivity contribution in [3.63, 3.8) is 0 Å². The van der Waals surface area contributed by atoms with E-state index in [1.165, 1.54) is 19.3 Å². The minimum absolute atomic E-state index is 0.358. The lowest BCUT2D eigenvalue weighted by atomic mass is 9.90. The zero-order chi connectivity index (χ0) is 11.7. The number of anilines is 1. The summed E-state index contributed by atoms with van der Waals surface area (Å²) in [6.07, 6.45) is 8.57. The Hall–Kier alpha value is -0.870. The number of aromatic nitrogens is 2. The van der Waals surface area contributed by atoms with E-state index in [1.54, 1.807) is 12.4 Å². The first kappa shape index (κ1) is 11.2. The maximum atomic E-state index is 5.83. The molecule has 2 fully saturated rings. The van der Waals surface area contributed by atoms with Crippen molar-refractivity contribution in [2.75, 3.05) is 18.1 Å². The van der Waals surface area contributed by atoms with Gasteiger partial charge in [0.25, 0.3) is 0 Å². The van der Waals surface area contributed by atoms with Gasteiger partial charge < -0.3 is 9.64 Å². The van der Waals surface area contributed by atoms with Crippen LogP contribution in [0.1, 0.15) is 25.7 Å². The maximum Gasteiger partial charge on any atom is 0.225 e. The lowest BCUT2D eigenvalue weighted by Crippen LogP contribution is -2.53. The molecule has 0 N–H and O–H groups in total. The molecule has 2 heterocycles. The molecule has 0 radical (unpaired) electrons. The van der Waals surface area contributed by atoms with E-state index in [0.717, 1.165) is 25.5 Å². The summed E-state index contributed by atoms with van der Waals surface area (Å²) in [6.45, 7) is 1.65. The molecule has 17 heavy (non-hydrogen) atoms. The number of hydrogen-bond donors (Lipinski definition) is 0. The summed E-state index contributed by atoms with van der Waals surface area (Å²) in [7, 11) is 0. The second-order valence-electron chi connectivity index (χ2n) is 4.66. The van der Waals surface area contributed by atoms with Gasteiger partial charge >= 0.3 is 0 Å². The molecule has 2 aliphatic rings. The fraction of sp³-hybridized carbons (Fsp3) is 0.667. The molecule has 5 heteroatoms. The standard InChI is InChI=1S/C12H16ClN3O/c13-9-7-14-12(15-8-9)16-5-6-17-11-4-2-1-3-10(11)16/h7-8,10-11H,1-6H2/t10-,11+/m0/s1. The highest BCUT2D eigenvalue weighted by molar-refractivity contribution is 6.30. The van der Waals surface area contributed by atoms with Crippen LogP contribution in [-0.4, -0.2) is 35.3 Å². The van der Waals surface area contributed by atoms with Gasteiger partial charge in [-0.05, 0) is 12.8 Å². The predicted molar refractivity (Wildman–Crippen MR) is 66.4 cm³/mol. The molecule has 0 amide bonds. The highest BCUT2D eigenvalue weighted by Crippen LogP contribution is 2.30. The van der Waals surface area contributed by atoms with Crippen molar-refractivity contribution in [1.82, 2.24) is 9.97 Å². The number of hydrogen-bond acceptors (Lipinski definition) is 4. The van der Waals surface area contributed by atoms with Gasteiger partial charge in [0.2, 0.25) is 5.95 Å². The molecule has 2 atom stereocenters. The number of ether oxygens (including phenoxy) is 1. The first-order valence-corrected chi connectivity index (χ1v) is 6.58. The normalized spacial score (nSPS) is 28.9.